The lowest BCUT2D eigenvalue weighted by Crippen LogP contribution is -2.40. The summed E-state index contributed by atoms with van der Waals surface area (Å²) in [5.41, 5.74) is 0.510. The zero-order valence-electron chi connectivity index (χ0n) is 10.5. The molecule has 1 rings (SSSR count). The van der Waals surface area contributed by atoms with E-state index in [1.54, 1.807) is 19.2 Å². The first kappa shape index (κ1) is 15.8. The zero-order valence-corrected chi connectivity index (χ0v) is 12.0. The molecule has 0 unspecified atom stereocenters. The molecule has 0 aliphatic rings. The van der Waals surface area contributed by atoms with Gasteiger partial charge in [0.25, 0.3) is 0 Å². The molecule has 0 radical (unpaired) electrons. The maximum absolute atomic E-state index is 11.7. The van der Waals surface area contributed by atoms with Crippen LogP contribution < -0.4 is 5.32 Å². The fraction of sp³-hybridized carbons (Fsp3) is 0.333. The number of nitrogens with zero attached hydrogens (tertiary/aromatic N) is 1. The van der Waals surface area contributed by atoms with E-state index >= 15 is 0 Å². The molecule has 1 atom stereocenters. The number of amides is 1. The molecule has 0 fully saturated rings. The molecule has 1 aromatic carbocycles. The number of benzene rings is 1. The van der Waals surface area contributed by atoms with Crippen molar-refractivity contribution in [1.29, 1.82) is 0 Å². The molecule has 0 aromatic heterocycles. The van der Waals surface area contributed by atoms with Crippen molar-refractivity contribution >= 4 is 40.8 Å². The number of halogens is 2. The van der Waals surface area contributed by atoms with Crippen LogP contribution in [0.4, 0.5) is 5.69 Å². The lowest BCUT2D eigenvalue weighted by Gasteiger charge is -2.20. The van der Waals surface area contributed by atoms with Gasteiger partial charge in [-0.25, -0.2) is 0 Å². The van der Waals surface area contributed by atoms with Gasteiger partial charge in [-0.2, -0.15) is 0 Å². The number of nitrogens with one attached hydrogen (secondary N) is 1. The van der Waals surface area contributed by atoms with E-state index in [4.69, 9.17) is 28.3 Å². The summed E-state index contributed by atoms with van der Waals surface area (Å²) in [5, 5.41) is 12.2. The van der Waals surface area contributed by atoms with Crippen molar-refractivity contribution < 1.29 is 14.7 Å². The molecule has 0 aliphatic heterocycles. The molecule has 0 heterocycles. The number of hydrogen-bond acceptors (Lipinski definition) is 3. The van der Waals surface area contributed by atoms with Gasteiger partial charge in [0.15, 0.2) is 0 Å². The third-order valence-electron chi connectivity index (χ3n) is 2.61. The van der Waals surface area contributed by atoms with Gasteiger partial charge in [0.1, 0.15) is 6.04 Å². The number of aliphatic carboxylic acids is 1. The van der Waals surface area contributed by atoms with Gasteiger partial charge in [0, 0.05) is 5.69 Å². The molecule has 5 nitrogen and oxygen atoms in total. The third kappa shape index (κ3) is 4.70. The fourth-order valence-electron chi connectivity index (χ4n) is 1.33. The summed E-state index contributed by atoms with van der Waals surface area (Å²) in [6, 6.07) is 3.98. The molecule has 0 bridgehead atoms. The van der Waals surface area contributed by atoms with Gasteiger partial charge in [-0.15, -0.1) is 0 Å². The van der Waals surface area contributed by atoms with Gasteiger partial charge >= 0.3 is 5.97 Å². The largest absolute Gasteiger partial charge is 0.480 e. The van der Waals surface area contributed by atoms with E-state index in [-0.39, 0.29) is 12.5 Å². The van der Waals surface area contributed by atoms with Crippen LogP contribution in [0.3, 0.4) is 0 Å². The molecule has 2 N–H and O–H groups in total. The maximum Gasteiger partial charge on any atom is 0.320 e. The number of carbonyl (C=O) groups excluding carboxylic acids is 1. The van der Waals surface area contributed by atoms with Crippen molar-refractivity contribution in [3.8, 4) is 0 Å². The van der Waals surface area contributed by atoms with Crippen molar-refractivity contribution in [2.45, 2.75) is 13.0 Å². The van der Waals surface area contributed by atoms with Crippen LogP contribution in [0.2, 0.25) is 10.0 Å². The summed E-state index contributed by atoms with van der Waals surface area (Å²) in [4.78, 5) is 23.9. The molecule has 0 saturated carbocycles. The Morgan fingerprint density at radius 1 is 1.37 bits per heavy atom. The maximum atomic E-state index is 11.7. The van der Waals surface area contributed by atoms with E-state index in [0.717, 1.165) is 0 Å². The molecule has 0 spiro atoms. The Morgan fingerprint density at radius 2 is 2.00 bits per heavy atom. The number of carboxylic acids is 1. The van der Waals surface area contributed by atoms with Gasteiger partial charge in [-0.05, 0) is 32.2 Å². The summed E-state index contributed by atoms with van der Waals surface area (Å²) < 4.78 is 0. The Morgan fingerprint density at radius 3 is 2.53 bits per heavy atom. The number of likely N-dealkylation sites (N-methyl/N-ethyl adjacent to an activating group) is 1. The van der Waals surface area contributed by atoms with Crippen LogP contribution in [0, 0.1) is 0 Å². The fourth-order valence-corrected chi connectivity index (χ4v) is 1.62. The highest BCUT2D eigenvalue weighted by Gasteiger charge is 2.19. The van der Waals surface area contributed by atoms with Crippen LogP contribution in [0.25, 0.3) is 0 Å². The first-order chi connectivity index (χ1) is 8.81. The van der Waals surface area contributed by atoms with Crippen LogP contribution in [-0.4, -0.2) is 41.5 Å². The Balaban J connectivity index is 2.60. The second-order valence-corrected chi connectivity index (χ2v) is 4.92. The quantitative estimate of drug-likeness (QED) is 0.876. The highest BCUT2D eigenvalue weighted by Crippen LogP contribution is 2.24. The molecule has 7 heteroatoms. The minimum absolute atomic E-state index is 0.0340. The predicted octanol–water partition coefficient (Wildman–Crippen LogP) is 2.34. The molecule has 0 aliphatic carbocycles. The molecule has 19 heavy (non-hydrogen) atoms. The molecule has 0 saturated heterocycles. The second-order valence-electron chi connectivity index (χ2n) is 4.11. The third-order valence-corrected chi connectivity index (χ3v) is 3.35. The Bertz CT molecular complexity index is 494. The van der Waals surface area contributed by atoms with Crippen LogP contribution in [-0.2, 0) is 9.59 Å². The van der Waals surface area contributed by atoms with Crippen molar-refractivity contribution in [1.82, 2.24) is 4.90 Å². The average molecular weight is 305 g/mol. The molecular formula is C12H14Cl2N2O3. The molecule has 1 aromatic rings. The number of rotatable bonds is 5. The van der Waals surface area contributed by atoms with Gasteiger partial charge < -0.3 is 10.4 Å². The molecule has 104 valence electrons. The molecule has 1 amide bonds. The first-order valence-corrected chi connectivity index (χ1v) is 6.25. The first-order valence-electron chi connectivity index (χ1n) is 5.49. The topological polar surface area (TPSA) is 69.6 Å². The molecular weight excluding hydrogens is 291 g/mol. The van der Waals surface area contributed by atoms with Crippen molar-refractivity contribution in [3.05, 3.63) is 28.2 Å². The van der Waals surface area contributed by atoms with Crippen molar-refractivity contribution in [2.75, 3.05) is 18.9 Å². The van der Waals surface area contributed by atoms with E-state index < -0.39 is 12.0 Å². The standard InChI is InChI=1S/C12H14Cl2N2O3/c1-7(12(18)19)16(2)6-11(17)15-8-3-4-9(13)10(14)5-8/h3-5,7H,6H2,1-2H3,(H,15,17)(H,18,19)/t7-/m0/s1. The Hall–Kier alpha value is -1.30. The smallest absolute Gasteiger partial charge is 0.320 e. The normalized spacial score (nSPS) is 12.3. The summed E-state index contributed by atoms with van der Waals surface area (Å²) in [6.45, 7) is 1.47. The van der Waals surface area contributed by atoms with E-state index in [2.05, 4.69) is 5.32 Å². The van der Waals surface area contributed by atoms with Gasteiger partial charge in [-0.3, -0.25) is 14.5 Å². The van der Waals surface area contributed by atoms with E-state index in [1.807, 2.05) is 0 Å². The predicted molar refractivity (Wildman–Crippen MR) is 74.8 cm³/mol. The number of anilines is 1. The van der Waals surface area contributed by atoms with Gasteiger partial charge in [-0.1, -0.05) is 23.2 Å². The highest BCUT2D eigenvalue weighted by atomic mass is 35.5. The van der Waals surface area contributed by atoms with Crippen molar-refractivity contribution in [2.24, 2.45) is 0 Å². The summed E-state index contributed by atoms with van der Waals surface area (Å²) >= 11 is 11.6. The van der Waals surface area contributed by atoms with E-state index in [0.29, 0.717) is 15.7 Å². The van der Waals surface area contributed by atoms with Crippen LogP contribution in [0.15, 0.2) is 18.2 Å². The SMILES string of the molecule is C[C@@H](C(=O)O)N(C)CC(=O)Nc1ccc(Cl)c(Cl)c1. The number of carboxylic acid groups (broad SMARTS) is 1. The average Bonchev–Trinajstić information content (AvgIpc) is 2.32. The summed E-state index contributed by atoms with van der Waals surface area (Å²) in [6.07, 6.45) is 0. The summed E-state index contributed by atoms with van der Waals surface area (Å²) in [5.74, 6) is -1.31. The second kappa shape index (κ2) is 6.75. The zero-order chi connectivity index (χ0) is 14.6. The highest BCUT2D eigenvalue weighted by molar-refractivity contribution is 6.42. The monoisotopic (exact) mass is 304 g/mol. The number of hydrogen-bond donors (Lipinski definition) is 2. The van der Waals surface area contributed by atoms with Crippen LogP contribution in [0.5, 0.6) is 0 Å². The van der Waals surface area contributed by atoms with Gasteiger partial charge in [0.2, 0.25) is 5.91 Å². The van der Waals surface area contributed by atoms with Gasteiger partial charge in [0.05, 0.1) is 16.6 Å². The van der Waals surface area contributed by atoms with E-state index in [1.165, 1.54) is 17.9 Å². The minimum atomic E-state index is -0.982. The lowest BCUT2D eigenvalue weighted by atomic mass is 10.3. The van der Waals surface area contributed by atoms with Crippen LogP contribution >= 0.6 is 23.2 Å². The number of carbonyl (C=O) groups is 2. The van der Waals surface area contributed by atoms with Crippen molar-refractivity contribution in [3.63, 3.8) is 0 Å². The minimum Gasteiger partial charge on any atom is -0.480 e. The lowest BCUT2D eigenvalue weighted by molar-refractivity contribution is -0.142. The summed E-state index contributed by atoms with van der Waals surface area (Å²) in [7, 11) is 1.56. The van der Waals surface area contributed by atoms with E-state index in [9.17, 15) is 9.59 Å². The Kier molecular flexibility index (Phi) is 5.60. The Labute approximate surface area is 121 Å². The van der Waals surface area contributed by atoms with Crippen LogP contribution in [0.1, 0.15) is 6.92 Å².